The van der Waals surface area contributed by atoms with E-state index in [1.165, 1.54) is 11.0 Å². The minimum Gasteiger partial charge on any atom is -0.481 e. The molecule has 0 unspecified atom stereocenters. The fourth-order valence-electron chi connectivity index (χ4n) is 1.46. The maximum atomic E-state index is 11.5. The molecule has 5 heteroatoms. The Balaban J connectivity index is 1.84. The Morgan fingerprint density at radius 3 is 2.81 bits per heavy atom. The molecule has 0 aromatic carbocycles. The Morgan fingerprint density at radius 1 is 1.50 bits per heavy atom. The number of carbonyl (C=O) groups is 2. The molecule has 1 fully saturated rings. The van der Waals surface area contributed by atoms with Crippen molar-refractivity contribution in [3.8, 4) is 0 Å². The van der Waals surface area contributed by atoms with E-state index in [-0.39, 0.29) is 11.8 Å². The molecule has 1 aliphatic rings. The summed E-state index contributed by atoms with van der Waals surface area (Å²) < 4.78 is 0. The van der Waals surface area contributed by atoms with Crippen molar-refractivity contribution >= 4 is 29.3 Å². The van der Waals surface area contributed by atoms with Gasteiger partial charge in [0.25, 0.3) is 0 Å². The van der Waals surface area contributed by atoms with E-state index in [1.54, 1.807) is 17.4 Å². The Bertz CT molecular complexity index is 418. The number of amides is 1. The zero-order chi connectivity index (χ0) is 11.5. The van der Waals surface area contributed by atoms with Gasteiger partial charge in [0.2, 0.25) is 5.91 Å². The minimum atomic E-state index is -0.828. The summed E-state index contributed by atoms with van der Waals surface area (Å²) in [7, 11) is 0. The van der Waals surface area contributed by atoms with Crippen LogP contribution in [0.15, 0.2) is 23.6 Å². The monoisotopic (exact) mass is 237 g/mol. The first kappa shape index (κ1) is 10.9. The second-order valence-corrected chi connectivity index (χ2v) is 4.61. The predicted octanol–water partition coefficient (Wildman–Crippen LogP) is 1.30. The standard InChI is InChI=1S/C11H11NO3S/c13-10(4-3-9-2-1-5-16-9)12-6-8(7-12)11(14)15/h1-5,8H,6-7H2,(H,14,15)/b4-3+. The SMILES string of the molecule is O=C(O)C1CN(C(=O)/C=C/c2cccs2)C1. The highest BCUT2D eigenvalue weighted by Gasteiger charge is 2.34. The average molecular weight is 237 g/mol. The van der Waals surface area contributed by atoms with Gasteiger partial charge in [-0.3, -0.25) is 9.59 Å². The summed E-state index contributed by atoms with van der Waals surface area (Å²) in [6.07, 6.45) is 3.24. The number of nitrogens with zero attached hydrogens (tertiary/aromatic N) is 1. The van der Waals surface area contributed by atoms with Crippen LogP contribution in [0.5, 0.6) is 0 Å². The third-order valence-corrected chi connectivity index (χ3v) is 3.31. The second-order valence-electron chi connectivity index (χ2n) is 3.63. The molecule has 0 spiro atoms. The number of carbonyl (C=O) groups excluding carboxylic acids is 1. The van der Waals surface area contributed by atoms with Gasteiger partial charge < -0.3 is 10.0 Å². The van der Waals surface area contributed by atoms with Crippen LogP contribution >= 0.6 is 11.3 Å². The summed E-state index contributed by atoms with van der Waals surface area (Å²) in [5.74, 6) is -1.34. The molecule has 0 radical (unpaired) electrons. The first-order valence-corrected chi connectivity index (χ1v) is 5.78. The lowest BCUT2D eigenvalue weighted by Gasteiger charge is -2.35. The van der Waals surface area contributed by atoms with Gasteiger partial charge in [0.05, 0.1) is 5.92 Å². The van der Waals surface area contributed by atoms with Crippen molar-refractivity contribution in [2.24, 2.45) is 5.92 Å². The first-order chi connectivity index (χ1) is 7.66. The number of hydrogen-bond donors (Lipinski definition) is 1. The number of aliphatic carboxylic acids is 1. The third-order valence-electron chi connectivity index (χ3n) is 2.48. The van der Waals surface area contributed by atoms with Gasteiger partial charge in [0.1, 0.15) is 0 Å². The van der Waals surface area contributed by atoms with Crippen LogP contribution in [0.2, 0.25) is 0 Å². The van der Waals surface area contributed by atoms with E-state index in [1.807, 2.05) is 17.5 Å². The quantitative estimate of drug-likeness (QED) is 0.806. The molecule has 1 amide bonds. The van der Waals surface area contributed by atoms with Crippen LogP contribution in [0.1, 0.15) is 4.88 Å². The normalized spacial score (nSPS) is 16.4. The minimum absolute atomic E-state index is 0.120. The molecule has 2 heterocycles. The van der Waals surface area contributed by atoms with Gasteiger partial charge >= 0.3 is 5.97 Å². The van der Waals surface area contributed by atoms with Crippen LogP contribution in [0.25, 0.3) is 6.08 Å². The Kier molecular flexibility index (Phi) is 3.05. The molecule has 0 saturated carbocycles. The lowest BCUT2D eigenvalue weighted by atomic mass is 10.0. The predicted molar refractivity (Wildman–Crippen MR) is 61.1 cm³/mol. The lowest BCUT2D eigenvalue weighted by molar-refractivity contribution is -0.151. The van der Waals surface area contributed by atoms with E-state index in [0.717, 1.165) is 4.88 Å². The maximum Gasteiger partial charge on any atom is 0.310 e. The zero-order valence-electron chi connectivity index (χ0n) is 8.50. The summed E-state index contributed by atoms with van der Waals surface area (Å²) >= 11 is 1.56. The van der Waals surface area contributed by atoms with Crippen molar-refractivity contribution in [3.05, 3.63) is 28.5 Å². The molecule has 0 aliphatic carbocycles. The molecule has 84 valence electrons. The number of rotatable bonds is 3. The van der Waals surface area contributed by atoms with E-state index in [9.17, 15) is 9.59 Å². The topological polar surface area (TPSA) is 57.6 Å². The van der Waals surface area contributed by atoms with Crippen molar-refractivity contribution in [2.75, 3.05) is 13.1 Å². The Labute approximate surface area is 96.8 Å². The Hall–Kier alpha value is -1.62. The Morgan fingerprint density at radius 2 is 2.25 bits per heavy atom. The largest absolute Gasteiger partial charge is 0.481 e. The van der Waals surface area contributed by atoms with Crippen LogP contribution in [-0.2, 0) is 9.59 Å². The molecule has 0 atom stereocenters. The lowest BCUT2D eigenvalue weighted by Crippen LogP contribution is -2.52. The molecule has 1 aromatic heterocycles. The van der Waals surface area contributed by atoms with Gasteiger partial charge in [-0.25, -0.2) is 0 Å². The van der Waals surface area contributed by atoms with Gasteiger partial charge in [-0.05, 0) is 17.5 Å². The van der Waals surface area contributed by atoms with E-state index >= 15 is 0 Å². The average Bonchev–Trinajstić information content (AvgIpc) is 2.63. The van der Waals surface area contributed by atoms with Gasteiger partial charge in [0, 0.05) is 24.0 Å². The molecular weight excluding hydrogens is 226 g/mol. The highest BCUT2D eigenvalue weighted by Crippen LogP contribution is 2.17. The number of hydrogen-bond acceptors (Lipinski definition) is 3. The molecule has 2 rings (SSSR count). The number of likely N-dealkylation sites (tertiary alicyclic amines) is 1. The van der Waals surface area contributed by atoms with Crippen LogP contribution in [0.4, 0.5) is 0 Å². The van der Waals surface area contributed by atoms with Gasteiger partial charge in [0.15, 0.2) is 0 Å². The highest BCUT2D eigenvalue weighted by atomic mass is 32.1. The fourth-order valence-corrected chi connectivity index (χ4v) is 2.08. The molecule has 1 aromatic rings. The number of carboxylic acids is 1. The molecule has 1 saturated heterocycles. The van der Waals surface area contributed by atoms with Crippen LogP contribution in [-0.4, -0.2) is 35.0 Å². The molecular formula is C11H11NO3S. The number of thiophene rings is 1. The van der Waals surface area contributed by atoms with Crippen LogP contribution in [0.3, 0.4) is 0 Å². The molecule has 1 aliphatic heterocycles. The van der Waals surface area contributed by atoms with E-state index in [0.29, 0.717) is 13.1 Å². The summed E-state index contributed by atoms with van der Waals surface area (Å²) in [5.41, 5.74) is 0. The molecule has 16 heavy (non-hydrogen) atoms. The summed E-state index contributed by atoms with van der Waals surface area (Å²) in [6, 6.07) is 3.84. The van der Waals surface area contributed by atoms with Crippen molar-refractivity contribution in [1.29, 1.82) is 0 Å². The smallest absolute Gasteiger partial charge is 0.310 e. The van der Waals surface area contributed by atoms with Gasteiger partial charge in [-0.2, -0.15) is 0 Å². The molecule has 1 N–H and O–H groups in total. The van der Waals surface area contributed by atoms with E-state index in [2.05, 4.69) is 0 Å². The second kappa shape index (κ2) is 4.49. The molecule has 4 nitrogen and oxygen atoms in total. The van der Waals surface area contributed by atoms with Crippen molar-refractivity contribution in [2.45, 2.75) is 0 Å². The highest BCUT2D eigenvalue weighted by molar-refractivity contribution is 7.10. The molecule has 0 bridgehead atoms. The van der Waals surface area contributed by atoms with Crippen molar-refractivity contribution in [1.82, 2.24) is 4.90 Å². The van der Waals surface area contributed by atoms with E-state index in [4.69, 9.17) is 5.11 Å². The first-order valence-electron chi connectivity index (χ1n) is 4.90. The fraction of sp³-hybridized carbons (Fsp3) is 0.273. The summed E-state index contributed by atoms with van der Waals surface area (Å²) in [6.45, 7) is 0.645. The summed E-state index contributed by atoms with van der Waals surface area (Å²) in [5, 5.41) is 10.6. The van der Waals surface area contributed by atoms with E-state index < -0.39 is 5.97 Å². The number of carboxylic acid groups (broad SMARTS) is 1. The van der Waals surface area contributed by atoms with Crippen molar-refractivity contribution in [3.63, 3.8) is 0 Å². The van der Waals surface area contributed by atoms with Crippen LogP contribution in [0, 0.1) is 5.92 Å². The third kappa shape index (κ3) is 2.30. The van der Waals surface area contributed by atoms with Crippen molar-refractivity contribution < 1.29 is 14.7 Å². The van der Waals surface area contributed by atoms with Crippen LogP contribution < -0.4 is 0 Å². The summed E-state index contributed by atoms with van der Waals surface area (Å²) in [4.78, 5) is 24.6. The zero-order valence-corrected chi connectivity index (χ0v) is 9.31. The van der Waals surface area contributed by atoms with Gasteiger partial charge in [-0.15, -0.1) is 11.3 Å². The maximum absolute atomic E-state index is 11.5. The van der Waals surface area contributed by atoms with Gasteiger partial charge in [-0.1, -0.05) is 6.07 Å².